The lowest BCUT2D eigenvalue weighted by Gasteiger charge is -2.21. The average molecular weight is 670 g/mol. The molecular formula is C37H34F3N5O4. The third kappa shape index (κ3) is 8.85. The van der Waals surface area contributed by atoms with Gasteiger partial charge in [-0.15, -0.1) is 0 Å². The summed E-state index contributed by atoms with van der Waals surface area (Å²) in [5, 5.41) is 21.2. The molecule has 1 saturated carbocycles. The highest BCUT2D eigenvalue weighted by molar-refractivity contribution is 6.03. The van der Waals surface area contributed by atoms with Crippen molar-refractivity contribution in [2.24, 2.45) is 5.92 Å². The van der Waals surface area contributed by atoms with E-state index in [4.69, 9.17) is 9.84 Å². The van der Waals surface area contributed by atoms with Gasteiger partial charge in [0.1, 0.15) is 18.1 Å². The number of rotatable bonds is 13. The molecule has 1 fully saturated rings. The molecule has 4 N–H and O–H groups in total. The van der Waals surface area contributed by atoms with Crippen LogP contribution in [0, 0.1) is 5.92 Å². The van der Waals surface area contributed by atoms with Crippen molar-refractivity contribution in [3.8, 4) is 11.4 Å². The Hall–Kier alpha value is -5.62. The first-order valence-electron chi connectivity index (χ1n) is 15.8. The van der Waals surface area contributed by atoms with Gasteiger partial charge in [0.15, 0.2) is 5.69 Å². The van der Waals surface area contributed by atoms with Crippen LogP contribution in [0.1, 0.15) is 57.3 Å². The van der Waals surface area contributed by atoms with E-state index in [0.29, 0.717) is 29.8 Å². The van der Waals surface area contributed by atoms with Crippen molar-refractivity contribution in [3.05, 3.63) is 143 Å². The van der Waals surface area contributed by atoms with Crippen molar-refractivity contribution < 1.29 is 32.6 Å². The summed E-state index contributed by atoms with van der Waals surface area (Å²) in [7, 11) is 0. The lowest BCUT2D eigenvalue weighted by Crippen LogP contribution is -2.25. The minimum atomic E-state index is -4.80. The smallest absolute Gasteiger partial charge is 0.435 e. The van der Waals surface area contributed by atoms with Crippen LogP contribution in [0.25, 0.3) is 5.69 Å². The molecule has 2 amide bonds. The fourth-order valence-corrected chi connectivity index (χ4v) is 5.38. The van der Waals surface area contributed by atoms with Gasteiger partial charge in [-0.1, -0.05) is 66.7 Å². The number of carbonyl (C=O) groups is 2. The Morgan fingerprint density at radius 1 is 0.878 bits per heavy atom. The molecule has 0 saturated heterocycles. The van der Waals surface area contributed by atoms with Crippen LogP contribution in [0.4, 0.5) is 23.7 Å². The zero-order valence-corrected chi connectivity index (χ0v) is 26.3. The van der Waals surface area contributed by atoms with E-state index in [9.17, 15) is 22.8 Å². The quantitative estimate of drug-likeness (QED) is 0.103. The molecule has 1 unspecified atom stereocenters. The number of alkyl halides is 3. The number of benzene rings is 4. The van der Waals surface area contributed by atoms with E-state index in [1.165, 1.54) is 12.1 Å². The molecule has 1 heterocycles. The predicted octanol–water partition coefficient (Wildman–Crippen LogP) is 7.58. The Balaban J connectivity index is 1.23. The number of nitrogens with zero attached hydrogens (tertiary/aromatic N) is 2. The molecule has 1 aromatic heterocycles. The molecule has 1 atom stereocenters. The Kier molecular flexibility index (Phi) is 9.95. The molecule has 49 heavy (non-hydrogen) atoms. The second kappa shape index (κ2) is 14.7. The number of nitrogens with one attached hydrogen (secondary N) is 3. The maximum atomic E-state index is 13.8. The van der Waals surface area contributed by atoms with Gasteiger partial charge < -0.3 is 25.8 Å². The van der Waals surface area contributed by atoms with Gasteiger partial charge in [-0.05, 0) is 84.0 Å². The zero-order chi connectivity index (χ0) is 34.4. The Morgan fingerprint density at radius 3 is 2.33 bits per heavy atom. The number of hydrogen-bond donors (Lipinski definition) is 4. The monoisotopic (exact) mass is 669 g/mol. The van der Waals surface area contributed by atoms with Crippen molar-refractivity contribution >= 4 is 17.7 Å². The highest BCUT2D eigenvalue weighted by Gasteiger charge is 2.36. The SMILES string of the molecule is O=C(O)NCc1cccc(-n2nc(C(F)(F)F)cc2C(=O)Nc2cccc(C(NCC3CC3)c3ccc(OCc4ccccc4)cc3)c2)c1. The Morgan fingerprint density at radius 2 is 1.61 bits per heavy atom. The number of hydrogen-bond acceptors (Lipinski definition) is 5. The lowest BCUT2D eigenvalue weighted by atomic mass is 9.97. The highest BCUT2D eigenvalue weighted by atomic mass is 19.4. The molecule has 9 nitrogen and oxygen atoms in total. The zero-order valence-electron chi connectivity index (χ0n) is 26.3. The summed E-state index contributed by atoms with van der Waals surface area (Å²) >= 11 is 0. The maximum absolute atomic E-state index is 13.8. The van der Waals surface area contributed by atoms with Gasteiger partial charge in [0.05, 0.1) is 11.7 Å². The summed E-state index contributed by atoms with van der Waals surface area (Å²) in [6, 6.07) is 31.5. The van der Waals surface area contributed by atoms with E-state index in [1.54, 1.807) is 30.3 Å². The van der Waals surface area contributed by atoms with Crippen LogP contribution >= 0.6 is 0 Å². The molecular weight excluding hydrogens is 635 g/mol. The molecule has 1 aliphatic rings. The fraction of sp³-hybridized carbons (Fsp3) is 0.216. The molecule has 5 aromatic rings. The molecule has 0 spiro atoms. The lowest BCUT2D eigenvalue weighted by molar-refractivity contribution is -0.141. The molecule has 4 aromatic carbocycles. The van der Waals surface area contributed by atoms with Crippen molar-refractivity contribution in [3.63, 3.8) is 0 Å². The Labute approximate surface area is 280 Å². The van der Waals surface area contributed by atoms with Crippen LogP contribution in [-0.4, -0.2) is 33.4 Å². The van der Waals surface area contributed by atoms with E-state index >= 15 is 0 Å². The van der Waals surface area contributed by atoms with Gasteiger partial charge in [0.25, 0.3) is 5.91 Å². The minimum Gasteiger partial charge on any atom is -0.489 e. The third-order valence-electron chi connectivity index (χ3n) is 8.08. The van der Waals surface area contributed by atoms with Crippen molar-refractivity contribution in [1.82, 2.24) is 20.4 Å². The summed E-state index contributed by atoms with van der Waals surface area (Å²) in [5.74, 6) is 0.532. The summed E-state index contributed by atoms with van der Waals surface area (Å²) in [6.07, 6.45) is -3.73. The topological polar surface area (TPSA) is 118 Å². The number of amides is 2. The van der Waals surface area contributed by atoms with Crippen LogP contribution in [0.3, 0.4) is 0 Å². The van der Waals surface area contributed by atoms with Gasteiger partial charge in [0, 0.05) is 18.3 Å². The molecule has 12 heteroatoms. The van der Waals surface area contributed by atoms with Crippen LogP contribution in [0.2, 0.25) is 0 Å². The summed E-state index contributed by atoms with van der Waals surface area (Å²) < 4.78 is 48.2. The summed E-state index contributed by atoms with van der Waals surface area (Å²) in [4.78, 5) is 24.5. The molecule has 0 aliphatic heterocycles. The van der Waals surface area contributed by atoms with E-state index in [1.807, 2.05) is 60.7 Å². The Bertz CT molecular complexity index is 1910. The molecule has 1 aliphatic carbocycles. The highest BCUT2D eigenvalue weighted by Crippen LogP contribution is 2.33. The van der Waals surface area contributed by atoms with Crippen LogP contribution in [-0.2, 0) is 19.3 Å². The number of anilines is 1. The van der Waals surface area contributed by atoms with Crippen molar-refractivity contribution in [2.45, 2.75) is 38.2 Å². The normalized spacial score (nSPS) is 13.4. The largest absolute Gasteiger partial charge is 0.489 e. The van der Waals surface area contributed by atoms with Crippen molar-refractivity contribution in [1.29, 1.82) is 0 Å². The van der Waals surface area contributed by atoms with E-state index in [2.05, 4.69) is 21.0 Å². The molecule has 0 bridgehead atoms. The molecule has 252 valence electrons. The number of halogens is 3. The van der Waals surface area contributed by atoms with E-state index < -0.39 is 23.9 Å². The number of carbonyl (C=O) groups excluding carboxylic acids is 1. The molecule has 6 rings (SSSR count). The van der Waals surface area contributed by atoms with Gasteiger partial charge in [-0.3, -0.25) is 4.79 Å². The predicted molar refractivity (Wildman–Crippen MR) is 178 cm³/mol. The summed E-state index contributed by atoms with van der Waals surface area (Å²) in [5.41, 5.74) is 2.37. The van der Waals surface area contributed by atoms with Gasteiger partial charge >= 0.3 is 12.3 Å². The van der Waals surface area contributed by atoms with E-state index in [0.717, 1.165) is 46.5 Å². The second-order valence-electron chi connectivity index (χ2n) is 11.9. The maximum Gasteiger partial charge on any atom is 0.435 e. The van der Waals surface area contributed by atoms with Gasteiger partial charge in [0.2, 0.25) is 0 Å². The number of carboxylic acid groups (broad SMARTS) is 1. The second-order valence-corrected chi connectivity index (χ2v) is 11.9. The number of ether oxygens (including phenoxy) is 1. The standard InChI is InChI=1S/C37H34F3N5O4/c38-37(39,40)33-20-32(45(44-33)30-11-4-8-26(18-30)22-42-36(47)48)35(46)43-29-10-5-9-28(19-29)34(41-21-24-12-13-24)27-14-16-31(17-15-27)49-23-25-6-2-1-3-7-25/h1-11,14-20,24,34,41-42H,12-13,21-23H2,(H,43,46)(H,47,48). The van der Waals surface area contributed by atoms with Crippen LogP contribution in [0.5, 0.6) is 5.75 Å². The van der Waals surface area contributed by atoms with Crippen LogP contribution < -0.4 is 20.7 Å². The number of aromatic nitrogens is 2. The average Bonchev–Trinajstić information content (AvgIpc) is 3.81. The van der Waals surface area contributed by atoms with Gasteiger partial charge in [-0.25, -0.2) is 9.48 Å². The van der Waals surface area contributed by atoms with Crippen LogP contribution in [0.15, 0.2) is 109 Å². The third-order valence-corrected chi connectivity index (χ3v) is 8.08. The van der Waals surface area contributed by atoms with E-state index in [-0.39, 0.29) is 24.0 Å². The fourth-order valence-electron chi connectivity index (χ4n) is 5.38. The first-order chi connectivity index (χ1) is 23.6. The van der Waals surface area contributed by atoms with Crippen molar-refractivity contribution in [2.75, 3.05) is 11.9 Å². The minimum absolute atomic E-state index is 0.0791. The summed E-state index contributed by atoms with van der Waals surface area (Å²) in [6.45, 7) is 1.18. The first kappa shape index (κ1) is 33.3. The first-order valence-corrected chi connectivity index (χ1v) is 15.8. The van der Waals surface area contributed by atoms with Gasteiger partial charge in [-0.2, -0.15) is 18.3 Å². The molecule has 0 radical (unpaired) electrons.